The van der Waals surface area contributed by atoms with Crippen molar-refractivity contribution in [1.29, 1.82) is 0 Å². The van der Waals surface area contributed by atoms with E-state index < -0.39 is 0 Å². The molecule has 2 aromatic carbocycles. The van der Waals surface area contributed by atoms with Crippen molar-refractivity contribution in [3.63, 3.8) is 0 Å². The lowest BCUT2D eigenvalue weighted by molar-refractivity contribution is -0.121. The summed E-state index contributed by atoms with van der Waals surface area (Å²) in [4.78, 5) is 14.9. The largest absolute Gasteiger partial charge is 0.314 e. The first-order valence-electron chi connectivity index (χ1n) is 7.58. The van der Waals surface area contributed by atoms with Gasteiger partial charge in [0.1, 0.15) is 0 Å². The van der Waals surface area contributed by atoms with Crippen LogP contribution in [0.4, 0.5) is 5.69 Å². The van der Waals surface area contributed by atoms with Crippen molar-refractivity contribution >= 4 is 11.6 Å². The summed E-state index contributed by atoms with van der Waals surface area (Å²) in [5.74, 6) is 0.207. The molecule has 1 fully saturated rings. The Bertz CT molecular complexity index is 730. The molecule has 106 valence electrons. The zero-order valence-corrected chi connectivity index (χ0v) is 12.5. The third kappa shape index (κ3) is 1.75. The molecule has 1 amide bonds. The van der Waals surface area contributed by atoms with E-state index in [1.165, 1.54) is 11.1 Å². The molecule has 4 rings (SSSR count). The van der Waals surface area contributed by atoms with Crippen molar-refractivity contribution in [2.75, 3.05) is 11.9 Å². The Morgan fingerprint density at radius 3 is 2.33 bits per heavy atom. The van der Waals surface area contributed by atoms with Crippen molar-refractivity contribution in [1.82, 2.24) is 0 Å². The van der Waals surface area contributed by atoms with Gasteiger partial charge in [0.05, 0.1) is 11.6 Å². The van der Waals surface area contributed by atoms with Gasteiger partial charge < -0.3 is 4.90 Å². The molecule has 2 aromatic rings. The van der Waals surface area contributed by atoms with Gasteiger partial charge in [0.15, 0.2) is 0 Å². The lowest BCUT2D eigenvalue weighted by Crippen LogP contribution is -2.34. The molecule has 1 atom stereocenters. The van der Waals surface area contributed by atoms with Crippen LogP contribution in [0.5, 0.6) is 0 Å². The van der Waals surface area contributed by atoms with Crippen LogP contribution >= 0.6 is 0 Å². The molecule has 0 spiro atoms. The highest BCUT2D eigenvalue weighted by Crippen LogP contribution is 2.58. The number of hydrogen-bond acceptors (Lipinski definition) is 1. The highest BCUT2D eigenvalue weighted by molar-refractivity contribution is 6.05. The fraction of sp³-hybridized carbons (Fsp3) is 0.316. The summed E-state index contributed by atoms with van der Waals surface area (Å²) in [6.45, 7) is 2.25. The number of likely N-dealkylation sites (N-methyl/N-ethyl adjacent to an activating group) is 1. The van der Waals surface area contributed by atoms with Crippen molar-refractivity contribution in [3.8, 4) is 11.1 Å². The summed E-state index contributed by atoms with van der Waals surface area (Å²) in [5, 5.41) is 0. The van der Waals surface area contributed by atoms with Crippen molar-refractivity contribution in [2.45, 2.75) is 25.7 Å². The lowest BCUT2D eigenvalue weighted by Gasteiger charge is -2.26. The average Bonchev–Trinajstić information content (AvgIpc) is 3.26. The molecule has 1 heterocycles. The Morgan fingerprint density at radius 1 is 1.00 bits per heavy atom. The smallest absolute Gasteiger partial charge is 0.234 e. The molecule has 2 nitrogen and oxygen atoms in total. The number of para-hydroxylation sites is 1. The van der Waals surface area contributed by atoms with Gasteiger partial charge in [-0.15, -0.1) is 0 Å². The van der Waals surface area contributed by atoms with Gasteiger partial charge in [-0.05, 0) is 35.4 Å². The first kappa shape index (κ1) is 12.6. The second kappa shape index (κ2) is 4.20. The topological polar surface area (TPSA) is 20.3 Å². The molecule has 1 aliphatic heterocycles. The second-order valence-corrected chi connectivity index (χ2v) is 6.59. The first-order valence-corrected chi connectivity index (χ1v) is 7.58. The van der Waals surface area contributed by atoms with Crippen LogP contribution in [0.1, 0.15) is 31.2 Å². The van der Waals surface area contributed by atoms with Crippen LogP contribution in [0, 0.1) is 5.41 Å². The van der Waals surface area contributed by atoms with Crippen molar-refractivity contribution in [3.05, 3.63) is 54.1 Å². The van der Waals surface area contributed by atoms with Gasteiger partial charge in [0.25, 0.3) is 0 Å². The van der Waals surface area contributed by atoms with E-state index >= 15 is 0 Å². The normalized spacial score (nSPS) is 22.3. The summed E-state index contributed by atoms with van der Waals surface area (Å²) >= 11 is 0. The zero-order chi connectivity index (χ0) is 14.6. The maximum absolute atomic E-state index is 13.1. The third-order valence-corrected chi connectivity index (χ3v) is 5.14. The predicted octanol–water partition coefficient (Wildman–Crippen LogP) is 4.21. The number of carbonyl (C=O) groups excluding carboxylic acids is 1. The molecule has 0 saturated heterocycles. The van der Waals surface area contributed by atoms with Gasteiger partial charge in [-0.1, -0.05) is 49.4 Å². The third-order valence-electron chi connectivity index (χ3n) is 5.14. The van der Waals surface area contributed by atoms with Crippen molar-refractivity contribution in [2.24, 2.45) is 5.41 Å². The van der Waals surface area contributed by atoms with Gasteiger partial charge in [-0.25, -0.2) is 0 Å². The van der Waals surface area contributed by atoms with Crippen LogP contribution < -0.4 is 4.90 Å². The molecule has 0 aromatic heterocycles. The zero-order valence-electron chi connectivity index (χ0n) is 12.5. The molecule has 1 saturated carbocycles. The van der Waals surface area contributed by atoms with Gasteiger partial charge >= 0.3 is 0 Å². The van der Waals surface area contributed by atoms with Crippen molar-refractivity contribution < 1.29 is 4.79 Å². The molecular formula is C19H19NO. The maximum atomic E-state index is 13.1. The number of benzene rings is 2. The second-order valence-electron chi connectivity index (χ2n) is 6.59. The summed E-state index contributed by atoms with van der Waals surface area (Å²) in [7, 11) is 1.91. The number of nitrogens with zero attached hydrogens (tertiary/aromatic N) is 1. The molecule has 1 aliphatic carbocycles. The van der Waals surface area contributed by atoms with E-state index in [1.807, 2.05) is 30.1 Å². The maximum Gasteiger partial charge on any atom is 0.234 e. The lowest BCUT2D eigenvalue weighted by atomic mass is 9.81. The molecule has 2 heteroatoms. The van der Waals surface area contributed by atoms with Gasteiger partial charge in [-0.3, -0.25) is 4.79 Å². The van der Waals surface area contributed by atoms with Gasteiger partial charge in [0.2, 0.25) is 5.91 Å². The molecular weight excluding hydrogens is 258 g/mol. The number of rotatable bonds is 1. The summed E-state index contributed by atoms with van der Waals surface area (Å²) in [6.07, 6.45) is 2.28. The Morgan fingerprint density at radius 2 is 1.62 bits per heavy atom. The Labute approximate surface area is 125 Å². The number of anilines is 1. The number of hydrogen-bond donors (Lipinski definition) is 0. The Kier molecular flexibility index (Phi) is 2.53. The molecule has 0 N–H and O–H groups in total. The van der Waals surface area contributed by atoms with Crippen LogP contribution in [0.3, 0.4) is 0 Å². The predicted molar refractivity (Wildman–Crippen MR) is 85.4 cm³/mol. The number of amides is 1. The summed E-state index contributed by atoms with van der Waals surface area (Å²) in [6, 6.07) is 16.6. The van der Waals surface area contributed by atoms with Crippen LogP contribution in [0.15, 0.2) is 48.5 Å². The van der Waals surface area contributed by atoms with E-state index in [4.69, 9.17) is 0 Å². The fourth-order valence-electron chi connectivity index (χ4n) is 3.59. The number of carbonyl (C=O) groups is 1. The minimum Gasteiger partial charge on any atom is -0.314 e. The molecule has 0 bridgehead atoms. The SMILES string of the molecule is CN1C(=O)[C@@H](C2(C)CC2)c2ccccc2-c2ccccc21. The summed E-state index contributed by atoms with van der Waals surface area (Å²) < 4.78 is 0. The van der Waals surface area contributed by atoms with Gasteiger partial charge in [-0.2, -0.15) is 0 Å². The van der Waals surface area contributed by atoms with Crippen LogP contribution in [0.25, 0.3) is 11.1 Å². The quantitative estimate of drug-likeness (QED) is 0.764. The molecule has 0 unspecified atom stereocenters. The average molecular weight is 277 g/mol. The number of fused-ring (bicyclic) bond motifs is 3. The van der Waals surface area contributed by atoms with Gasteiger partial charge in [0, 0.05) is 12.6 Å². The van der Waals surface area contributed by atoms with E-state index in [0.29, 0.717) is 0 Å². The van der Waals surface area contributed by atoms with E-state index in [2.05, 4.69) is 37.3 Å². The molecule has 2 aliphatic rings. The van der Waals surface area contributed by atoms with Crippen LogP contribution in [0.2, 0.25) is 0 Å². The standard InChI is InChI=1S/C19H19NO/c1-19(11-12-19)17-15-9-4-3-7-13(15)14-8-5-6-10-16(14)20(2)18(17)21/h3-10,17H,11-12H2,1-2H3/t17-/m0/s1. The summed E-state index contributed by atoms with van der Waals surface area (Å²) in [5.41, 5.74) is 4.71. The minimum absolute atomic E-state index is 0.0221. The highest BCUT2D eigenvalue weighted by atomic mass is 16.2. The Hall–Kier alpha value is -2.09. The monoisotopic (exact) mass is 277 g/mol. The van der Waals surface area contributed by atoms with Crippen LogP contribution in [-0.4, -0.2) is 13.0 Å². The highest BCUT2D eigenvalue weighted by Gasteiger charge is 2.51. The molecule has 21 heavy (non-hydrogen) atoms. The Balaban J connectivity index is 2.02. The minimum atomic E-state index is -0.0221. The first-order chi connectivity index (χ1) is 10.1. The van der Waals surface area contributed by atoms with E-state index in [-0.39, 0.29) is 17.2 Å². The fourth-order valence-corrected chi connectivity index (χ4v) is 3.59. The van der Waals surface area contributed by atoms with Crippen LogP contribution in [-0.2, 0) is 4.79 Å². The van der Waals surface area contributed by atoms with E-state index in [0.717, 1.165) is 24.1 Å². The van der Waals surface area contributed by atoms with E-state index in [1.54, 1.807) is 0 Å². The molecule has 0 radical (unpaired) electrons. The van der Waals surface area contributed by atoms with E-state index in [9.17, 15) is 4.79 Å².